The maximum absolute atomic E-state index is 14.9. The highest BCUT2D eigenvalue weighted by molar-refractivity contribution is 5.89. The van der Waals surface area contributed by atoms with Crippen molar-refractivity contribution in [3.8, 4) is 0 Å². The van der Waals surface area contributed by atoms with Gasteiger partial charge in [-0.3, -0.25) is 4.79 Å². The van der Waals surface area contributed by atoms with Crippen molar-refractivity contribution in [3.63, 3.8) is 0 Å². The van der Waals surface area contributed by atoms with Crippen molar-refractivity contribution in [2.75, 3.05) is 42.6 Å². The molecule has 184 valence electrons. The van der Waals surface area contributed by atoms with Crippen LogP contribution in [0.15, 0.2) is 29.3 Å². The summed E-state index contributed by atoms with van der Waals surface area (Å²) in [6.45, 7) is 0.515. The number of carbonyl (C=O) groups excluding carboxylic acids is 1. The number of nitrogen functional groups attached to an aromatic ring is 1. The molecule has 1 aliphatic rings. The van der Waals surface area contributed by atoms with Gasteiger partial charge in [0.25, 0.3) is 5.56 Å². The van der Waals surface area contributed by atoms with E-state index in [4.69, 9.17) is 11.1 Å². The van der Waals surface area contributed by atoms with Crippen molar-refractivity contribution in [1.29, 1.82) is 5.41 Å². The number of aryl methyl sites for hydroxylation is 1. The van der Waals surface area contributed by atoms with E-state index in [-0.39, 0.29) is 18.9 Å². The van der Waals surface area contributed by atoms with Crippen LogP contribution in [-0.2, 0) is 13.2 Å². The topological polar surface area (TPSA) is 120 Å². The molecule has 2 amide bonds. The molecule has 2 aromatic heterocycles. The smallest absolute Gasteiger partial charge is 0.383 e. The Morgan fingerprint density at radius 2 is 2.12 bits per heavy atom. The minimum absolute atomic E-state index is 0.00581. The number of hydrogen-bond acceptors (Lipinski definition) is 6. The number of aromatic nitrogens is 2. The zero-order valence-electron chi connectivity index (χ0n) is 18.6. The molecule has 0 aliphatic carbocycles. The first kappa shape index (κ1) is 25.0. The predicted molar refractivity (Wildman–Crippen MR) is 120 cm³/mol. The van der Waals surface area contributed by atoms with Crippen LogP contribution in [0.3, 0.4) is 0 Å². The van der Waals surface area contributed by atoms with Gasteiger partial charge in [0, 0.05) is 57.6 Å². The summed E-state index contributed by atoms with van der Waals surface area (Å²) in [5, 5.41) is 9.57. The molecular weight excluding hydrogens is 458 g/mol. The number of amides is 2. The molecule has 0 aromatic carbocycles. The predicted octanol–water partition coefficient (Wildman–Crippen LogP) is 2.71. The second-order valence-corrected chi connectivity index (χ2v) is 8.19. The van der Waals surface area contributed by atoms with Gasteiger partial charge in [0.2, 0.25) is 0 Å². The number of nitrogens with two attached hydrogens (primary N) is 1. The first-order valence-electron chi connectivity index (χ1n) is 10.4. The Morgan fingerprint density at radius 3 is 2.74 bits per heavy atom. The summed E-state index contributed by atoms with van der Waals surface area (Å²) < 4.78 is 54.8. The van der Waals surface area contributed by atoms with Crippen molar-refractivity contribution < 1.29 is 22.4 Å². The minimum atomic E-state index is -4.69. The number of urea groups is 1. The van der Waals surface area contributed by atoms with Gasteiger partial charge in [0.15, 0.2) is 0 Å². The third kappa shape index (κ3) is 5.46. The normalized spacial score (nSPS) is 18.5. The number of anilines is 3. The largest absolute Gasteiger partial charge is 0.417 e. The molecule has 0 saturated carbocycles. The molecular formula is C21H25F4N7O2. The van der Waals surface area contributed by atoms with Crippen LogP contribution in [0.5, 0.6) is 0 Å². The van der Waals surface area contributed by atoms with Gasteiger partial charge in [-0.15, -0.1) is 0 Å². The molecule has 0 unspecified atom stereocenters. The van der Waals surface area contributed by atoms with Gasteiger partial charge in [-0.05, 0) is 18.6 Å². The van der Waals surface area contributed by atoms with E-state index in [0.717, 1.165) is 22.7 Å². The standard InChI is InChI=1S/C21H25F4N7O2/c1-30-10-14(21(23,24)25)6-17(19(30)33)29-20(34)31(2)9-12-3-4-32(11-16(12)22)15-5-13(7-26)18(27)28-8-15/h5-8,10,12,16,26H,3-4,9,11H2,1-2H3,(H2,27,28)(H,29,34)/t12-,16+/m0/s1. The molecule has 9 nitrogen and oxygen atoms in total. The fourth-order valence-corrected chi connectivity index (χ4v) is 3.76. The number of hydrogen-bond donors (Lipinski definition) is 3. The zero-order valence-corrected chi connectivity index (χ0v) is 18.6. The van der Waals surface area contributed by atoms with Crippen molar-refractivity contribution in [3.05, 3.63) is 46.0 Å². The lowest BCUT2D eigenvalue weighted by atomic mass is 9.94. The van der Waals surface area contributed by atoms with Gasteiger partial charge in [-0.1, -0.05) is 0 Å². The molecule has 4 N–H and O–H groups in total. The average Bonchev–Trinajstić information content (AvgIpc) is 2.77. The lowest BCUT2D eigenvalue weighted by Crippen LogP contribution is -2.47. The molecule has 0 bridgehead atoms. The van der Waals surface area contributed by atoms with Crippen molar-refractivity contribution in [2.45, 2.75) is 18.8 Å². The highest BCUT2D eigenvalue weighted by Gasteiger charge is 2.33. The van der Waals surface area contributed by atoms with Crippen LogP contribution in [0.1, 0.15) is 17.5 Å². The number of nitrogens with one attached hydrogen (secondary N) is 2. The molecule has 3 rings (SSSR count). The summed E-state index contributed by atoms with van der Waals surface area (Å²) in [4.78, 5) is 31.6. The van der Waals surface area contributed by atoms with E-state index in [9.17, 15) is 27.2 Å². The lowest BCUT2D eigenvalue weighted by molar-refractivity contribution is -0.138. The summed E-state index contributed by atoms with van der Waals surface area (Å²) >= 11 is 0. The summed E-state index contributed by atoms with van der Waals surface area (Å²) in [6, 6.07) is 1.41. The number of halogens is 4. The minimum Gasteiger partial charge on any atom is -0.383 e. The van der Waals surface area contributed by atoms with Crippen LogP contribution in [0.2, 0.25) is 0 Å². The molecule has 0 radical (unpaired) electrons. The molecule has 1 saturated heterocycles. The molecule has 13 heteroatoms. The Labute approximate surface area is 192 Å². The number of nitrogens with zero attached hydrogens (tertiary/aromatic N) is 4. The average molecular weight is 483 g/mol. The summed E-state index contributed by atoms with van der Waals surface area (Å²) in [6.07, 6.45) is -2.38. The van der Waals surface area contributed by atoms with Gasteiger partial charge in [-0.2, -0.15) is 13.2 Å². The Hall–Kier alpha value is -3.64. The van der Waals surface area contributed by atoms with Crippen molar-refractivity contribution in [1.82, 2.24) is 14.5 Å². The number of alkyl halides is 4. The van der Waals surface area contributed by atoms with Crippen LogP contribution in [-0.4, -0.2) is 59.6 Å². The fraction of sp³-hybridized carbons (Fsp3) is 0.429. The highest BCUT2D eigenvalue weighted by atomic mass is 19.4. The Balaban J connectivity index is 1.64. The van der Waals surface area contributed by atoms with E-state index >= 15 is 0 Å². The van der Waals surface area contributed by atoms with Gasteiger partial charge in [0.1, 0.15) is 17.7 Å². The first-order valence-corrected chi connectivity index (χ1v) is 10.4. The van der Waals surface area contributed by atoms with E-state index < -0.39 is 41.1 Å². The van der Waals surface area contributed by atoms with Crippen LogP contribution >= 0.6 is 0 Å². The Kier molecular flexibility index (Phi) is 7.12. The van der Waals surface area contributed by atoms with Crippen LogP contribution in [0.4, 0.5) is 39.5 Å². The molecule has 0 spiro atoms. The fourth-order valence-electron chi connectivity index (χ4n) is 3.76. The number of carbonyl (C=O) groups is 1. The lowest BCUT2D eigenvalue weighted by Gasteiger charge is -2.37. The number of rotatable bonds is 5. The van der Waals surface area contributed by atoms with Crippen LogP contribution < -0.4 is 21.5 Å². The molecule has 1 fully saturated rings. The van der Waals surface area contributed by atoms with E-state index in [1.165, 1.54) is 13.2 Å². The number of pyridine rings is 2. The van der Waals surface area contributed by atoms with Crippen LogP contribution in [0.25, 0.3) is 0 Å². The highest BCUT2D eigenvalue weighted by Crippen LogP contribution is 2.30. The van der Waals surface area contributed by atoms with E-state index in [1.54, 1.807) is 11.0 Å². The summed E-state index contributed by atoms with van der Waals surface area (Å²) in [5.41, 5.74) is 4.35. The van der Waals surface area contributed by atoms with Crippen molar-refractivity contribution in [2.24, 2.45) is 13.0 Å². The SMILES string of the molecule is CN(C[C@@H]1CCN(c2cnc(N)c(C=N)c2)C[C@H]1F)C(=O)Nc1cc(C(F)(F)F)cn(C)c1=O. The third-order valence-corrected chi connectivity index (χ3v) is 5.74. The molecule has 2 atom stereocenters. The van der Waals surface area contributed by atoms with Crippen LogP contribution in [0, 0.1) is 11.3 Å². The Bertz CT molecular complexity index is 1140. The van der Waals surface area contributed by atoms with Crippen molar-refractivity contribution >= 4 is 29.4 Å². The molecule has 3 heterocycles. The van der Waals surface area contributed by atoms with E-state index in [2.05, 4.69) is 10.3 Å². The first-order chi connectivity index (χ1) is 15.9. The van der Waals surface area contributed by atoms with E-state index in [1.807, 2.05) is 0 Å². The van der Waals surface area contributed by atoms with E-state index in [0.29, 0.717) is 36.5 Å². The third-order valence-electron chi connectivity index (χ3n) is 5.74. The zero-order chi connectivity index (χ0) is 25.2. The van der Waals surface area contributed by atoms with Gasteiger partial charge >= 0.3 is 12.2 Å². The molecule has 1 aliphatic heterocycles. The monoisotopic (exact) mass is 483 g/mol. The summed E-state index contributed by atoms with van der Waals surface area (Å²) in [7, 11) is 2.53. The quantitative estimate of drug-likeness (QED) is 0.446. The van der Waals surface area contributed by atoms with Gasteiger partial charge < -0.3 is 30.8 Å². The van der Waals surface area contributed by atoms with Gasteiger partial charge in [-0.25, -0.2) is 14.2 Å². The van der Waals surface area contributed by atoms with Gasteiger partial charge in [0.05, 0.1) is 17.4 Å². The Morgan fingerprint density at radius 1 is 1.41 bits per heavy atom. The second kappa shape index (κ2) is 9.69. The molecule has 2 aromatic rings. The maximum atomic E-state index is 14.9. The molecule has 34 heavy (non-hydrogen) atoms. The summed E-state index contributed by atoms with van der Waals surface area (Å²) in [5.74, 6) is -0.311. The number of piperidine rings is 1. The second-order valence-electron chi connectivity index (χ2n) is 8.19. The maximum Gasteiger partial charge on any atom is 0.417 e.